The first-order chi connectivity index (χ1) is 9.58. The first-order valence-electron chi connectivity index (χ1n) is 6.08. The van der Waals surface area contributed by atoms with Crippen LogP contribution in [0.1, 0.15) is 18.7 Å². The van der Waals surface area contributed by atoms with Crippen LogP contribution in [0.5, 0.6) is 0 Å². The quantitative estimate of drug-likeness (QED) is 0.881. The van der Waals surface area contributed by atoms with Crippen molar-refractivity contribution >= 4 is 34.8 Å². The molecule has 0 spiro atoms. The predicted molar refractivity (Wildman–Crippen MR) is 80.2 cm³/mol. The summed E-state index contributed by atoms with van der Waals surface area (Å²) in [6.45, 7) is 1.95. The van der Waals surface area contributed by atoms with Crippen molar-refractivity contribution in [1.82, 2.24) is 5.32 Å². The maximum absolute atomic E-state index is 11.8. The number of amides is 1. The SMILES string of the molecule is CC(NC(=O)CNc1cccc(Cl)c1Cl)c1ccco1. The van der Waals surface area contributed by atoms with Gasteiger partial charge in [0, 0.05) is 0 Å². The van der Waals surface area contributed by atoms with Crippen LogP contribution in [0.25, 0.3) is 0 Å². The molecular weight excluding hydrogens is 299 g/mol. The average Bonchev–Trinajstić information content (AvgIpc) is 2.94. The van der Waals surface area contributed by atoms with E-state index in [0.29, 0.717) is 21.5 Å². The molecule has 0 bridgehead atoms. The summed E-state index contributed by atoms with van der Waals surface area (Å²) < 4.78 is 5.22. The number of hydrogen-bond acceptors (Lipinski definition) is 3. The molecule has 0 saturated heterocycles. The Labute approximate surface area is 127 Å². The molecule has 1 aromatic carbocycles. The third-order valence-corrected chi connectivity index (χ3v) is 3.56. The number of hydrogen-bond donors (Lipinski definition) is 2. The average molecular weight is 313 g/mol. The number of halogens is 2. The minimum absolute atomic E-state index is 0.102. The van der Waals surface area contributed by atoms with Gasteiger partial charge in [-0.2, -0.15) is 0 Å². The van der Waals surface area contributed by atoms with Crippen molar-refractivity contribution < 1.29 is 9.21 Å². The molecule has 2 rings (SSSR count). The number of carbonyl (C=O) groups excluding carboxylic acids is 1. The van der Waals surface area contributed by atoms with Gasteiger partial charge in [0.1, 0.15) is 5.76 Å². The standard InChI is InChI=1S/C14H14Cl2N2O2/c1-9(12-6-3-7-20-12)18-13(19)8-17-11-5-2-4-10(15)14(11)16/h2-7,9,17H,8H2,1H3,(H,18,19). The summed E-state index contributed by atoms with van der Waals surface area (Å²) in [4.78, 5) is 11.8. The summed E-state index contributed by atoms with van der Waals surface area (Å²) in [5.41, 5.74) is 0.625. The van der Waals surface area contributed by atoms with Crippen LogP contribution >= 0.6 is 23.2 Å². The zero-order valence-corrected chi connectivity index (χ0v) is 12.3. The zero-order chi connectivity index (χ0) is 14.5. The third-order valence-electron chi connectivity index (χ3n) is 2.74. The largest absolute Gasteiger partial charge is 0.467 e. The second-order valence-electron chi connectivity index (χ2n) is 4.26. The molecule has 1 heterocycles. The van der Waals surface area contributed by atoms with E-state index < -0.39 is 0 Å². The first-order valence-corrected chi connectivity index (χ1v) is 6.84. The molecule has 20 heavy (non-hydrogen) atoms. The van der Waals surface area contributed by atoms with E-state index >= 15 is 0 Å². The van der Waals surface area contributed by atoms with Crippen molar-refractivity contribution in [2.75, 3.05) is 11.9 Å². The van der Waals surface area contributed by atoms with Gasteiger partial charge >= 0.3 is 0 Å². The van der Waals surface area contributed by atoms with Crippen molar-refractivity contribution in [2.45, 2.75) is 13.0 Å². The van der Waals surface area contributed by atoms with Gasteiger partial charge in [-0.05, 0) is 31.2 Å². The topological polar surface area (TPSA) is 54.3 Å². The summed E-state index contributed by atoms with van der Waals surface area (Å²) in [6.07, 6.45) is 1.57. The Morgan fingerprint density at radius 3 is 2.80 bits per heavy atom. The van der Waals surface area contributed by atoms with Crippen molar-refractivity contribution in [1.29, 1.82) is 0 Å². The number of nitrogens with one attached hydrogen (secondary N) is 2. The van der Waals surface area contributed by atoms with Crippen molar-refractivity contribution in [3.63, 3.8) is 0 Å². The summed E-state index contributed by atoms with van der Waals surface area (Å²) in [5, 5.41) is 6.61. The first kappa shape index (κ1) is 14.8. The normalized spacial score (nSPS) is 11.9. The molecule has 0 saturated carbocycles. The highest BCUT2D eigenvalue weighted by molar-refractivity contribution is 6.43. The van der Waals surface area contributed by atoms with E-state index in [0.717, 1.165) is 0 Å². The molecule has 1 unspecified atom stereocenters. The van der Waals surface area contributed by atoms with Gasteiger partial charge in [0.25, 0.3) is 0 Å². The highest BCUT2D eigenvalue weighted by Crippen LogP contribution is 2.29. The molecule has 0 aliphatic heterocycles. The lowest BCUT2D eigenvalue weighted by atomic mass is 10.2. The van der Waals surface area contributed by atoms with Crippen LogP contribution in [0.15, 0.2) is 41.0 Å². The van der Waals surface area contributed by atoms with Crippen molar-refractivity contribution in [3.8, 4) is 0 Å². The molecule has 1 amide bonds. The number of anilines is 1. The maximum Gasteiger partial charge on any atom is 0.239 e. The molecule has 4 nitrogen and oxygen atoms in total. The van der Waals surface area contributed by atoms with E-state index in [1.54, 1.807) is 30.5 Å². The predicted octanol–water partition coefficient (Wildman–Crippen LogP) is 3.88. The molecule has 0 fully saturated rings. The van der Waals surface area contributed by atoms with Gasteiger partial charge in [0.15, 0.2) is 0 Å². The highest BCUT2D eigenvalue weighted by atomic mass is 35.5. The minimum Gasteiger partial charge on any atom is -0.467 e. The molecule has 2 N–H and O–H groups in total. The molecule has 2 aromatic rings. The summed E-state index contributed by atoms with van der Waals surface area (Å²) in [5.74, 6) is 0.545. The van der Waals surface area contributed by atoms with Gasteiger partial charge in [-0.15, -0.1) is 0 Å². The second kappa shape index (κ2) is 6.68. The fraction of sp³-hybridized carbons (Fsp3) is 0.214. The smallest absolute Gasteiger partial charge is 0.239 e. The van der Waals surface area contributed by atoms with Crippen LogP contribution in [0.2, 0.25) is 10.0 Å². The summed E-state index contributed by atoms with van der Waals surface area (Å²) >= 11 is 11.9. The Bertz CT molecular complexity index is 585. The lowest BCUT2D eigenvalue weighted by molar-refractivity contribution is -0.120. The Balaban J connectivity index is 1.88. The lowest BCUT2D eigenvalue weighted by Crippen LogP contribution is -2.31. The molecule has 0 aliphatic rings. The molecule has 0 aliphatic carbocycles. The Hall–Kier alpha value is -1.65. The van der Waals surface area contributed by atoms with Gasteiger partial charge < -0.3 is 15.1 Å². The van der Waals surface area contributed by atoms with Crippen LogP contribution in [0.3, 0.4) is 0 Å². The molecule has 1 aromatic heterocycles. The number of furan rings is 1. The van der Waals surface area contributed by atoms with E-state index in [9.17, 15) is 4.79 Å². The Kier molecular flexibility index (Phi) is 4.93. The fourth-order valence-corrected chi connectivity index (χ4v) is 2.08. The second-order valence-corrected chi connectivity index (χ2v) is 5.04. The lowest BCUT2D eigenvalue weighted by Gasteiger charge is -2.13. The fourth-order valence-electron chi connectivity index (χ4n) is 1.72. The zero-order valence-electron chi connectivity index (χ0n) is 10.8. The van der Waals surface area contributed by atoms with Gasteiger partial charge in [-0.1, -0.05) is 29.3 Å². The van der Waals surface area contributed by atoms with E-state index in [4.69, 9.17) is 27.6 Å². The van der Waals surface area contributed by atoms with E-state index in [1.165, 1.54) is 0 Å². The number of carbonyl (C=O) groups is 1. The van der Waals surface area contributed by atoms with Crippen LogP contribution in [-0.4, -0.2) is 12.5 Å². The maximum atomic E-state index is 11.8. The van der Waals surface area contributed by atoms with Gasteiger partial charge in [0.05, 0.1) is 34.6 Å². The molecular formula is C14H14Cl2N2O2. The molecule has 106 valence electrons. The minimum atomic E-state index is -0.186. The van der Waals surface area contributed by atoms with Gasteiger partial charge in [-0.25, -0.2) is 0 Å². The summed E-state index contributed by atoms with van der Waals surface area (Å²) in [7, 11) is 0. The third kappa shape index (κ3) is 3.68. The summed E-state index contributed by atoms with van der Waals surface area (Å²) in [6, 6.07) is 8.62. The molecule has 0 radical (unpaired) electrons. The Morgan fingerprint density at radius 1 is 1.30 bits per heavy atom. The van der Waals surface area contributed by atoms with Crippen LogP contribution < -0.4 is 10.6 Å². The number of benzene rings is 1. The van der Waals surface area contributed by atoms with E-state index in [1.807, 2.05) is 13.0 Å². The van der Waals surface area contributed by atoms with Crippen LogP contribution in [-0.2, 0) is 4.79 Å². The van der Waals surface area contributed by atoms with Crippen molar-refractivity contribution in [3.05, 3.63) is 52.4 Å². The van der Waals surface area contributed by atoms with Gasteiger partial charge in [0.2, 0.25) is 5.91 Å². The highest BCUT2D eigenvalue weighted by Gasteiger charge is 2.12. The van der Waals surface area contributed by atoms with E-state index in [-0.39, 0.29) is 18.5 Å². The van der Waals surface area contributed by atoms with Crippen LogP contribution in [0.4, 0.5) is 5.69 Å². The monoisotopic (exact) mass is 312 g/mol. The van der Waals surface area contributed by atoms with E-state index in [2.05, 4.69) is 10.6 Å². The van der Waals surface area contributed by atoms with Gasteiger partial charge in [-0.3, -0.25) is 4.79 Å². The molecule has 1 atom stereocenters. The van der Waals surface area contributed by atoms with Crippen LogP contribution in [0, 0.1) is 0 Å². The molecule has 6 heteroatoms. The Morgan fingerprint density at radius 2 is 2.10 bits per heavy atom. The van der Waals surface area contributed by atoms with Crippen molar-refractivity contribution in [2.24, 2.45) is 0 Å². The number of rotatable bonds is 5.